The molecule has 0 aliphatic carbocycles. The van der Waals surface area contributed by atoms with Crippen molar-refractivity contribution < 1.29 is 13.9 Å². The van der Waals surface area contributed by atoms with E-state index in [-0.39, 0.29) is 30.9 Å². The third-order valence-electron chi connectivity index (χ3n) is 4.22. The summed E-state index contributed by atoms with van der Waals surface area (Å²) in [6, 6.07) is 11.0. The van der Waals surface area contributed by atoms with Crippen molar-refractivity contribution in [2.75, 3.05) is 13.2 Å². The van der Waals surface area contributed by atoms with Crippen LogP contribution in [0.4, 0.5) is 4.39 Å². The van der Waals surface area contributed by atoms with Crippen molar-refractivity contribution in [1.82, 2.24) is 4.90 Å². The van der Waals surface area contributed by atoms with Crippen LogP contribution in [0.15, 0.2) is 30.3 Å². The van der Waals surface area contributed by atoms with Gasteiger partial charge in [-0.3, -0.25) is 4.79 Å². The zero-order valence-electron chi connectivity index (χ0n) is 11.6. The van der Waals surface area contributed by atoms with E-state index in [0.29, 0.717) is 13.0 Å². The number of amides is 1. The van der Waals surface area contributed by atoms with Crippen LogP contribution in [-0.4, -0.2) is 36.2 Å². The average Bonchev–Trinajstić information content (AvgIpc) is 3.13. The minimum absolute atomic E-state index is 0.0229. The van der Waals surface area contributed by atoms with Crippen molar-refractivity contribution in [3.63, 3.8) is 0 Å². The fourth-order valence-electron chi connectivity index (χ4n) is 3.18. The van der Waals surface area contributed by atoms with E-state index in [9.17, 15) is 9.18 Å². The largest absolute Gasteiger partial charge is 0.373 e. The number of hydrogen-bond donors (Lipinski definition) is 0. The van der Waals surface area contributed by atoms with Crippen molar-refractivity contribution in [3.8, 4) is 6.07 Å². The maximum Gasteiger partial charge on any atom is 0.229 e. The molecule has 2 saturated heterocycles. The van der Waals surface area contributed by atoms with Crippen LogP contribution in [0.1, 0.15) is 24.5 Å². The van der Waals surface area contributed by atoms with Gasteiger partial charge in [-0.1, -0.05) is 30.3 Å². The molecule has 1 amide bonds. The van der Waals surface area contributed by atoms with Crippen molar-refractivity contribution in [2.45, 2.75) is 31.2 Å². The number of alkyl halides is 1. The molecule has 0 bridgehead atoms. The molecule has 3 rings (SSSR count). The van der Waals surface area contributed by atoms with Crippen LogP contribution < -0.4 is 0 Å². The molecule has 2 unspecified atom stereocenters. The van der Waals surface area contributed by atoms with Gasteiger partial charge in [-0.15, -0.1) is 0 Å². The molecule has 0 radical (unpaired) electrons. The Bertz CT molecular complexity index is 557. The van der Waals surface area contributed by atoms with E-state index in [4.69, 9.17) is 10.00 Å². The van der Waals surface area contributed by atoms with Crippen molar-refractivity contribution >= 4 is 5.91 Å². The number of carbonyl (C=O) groups is 1. The molecule has 2 aliphatic heterocycles. The van der Waals surface area contributed by atoms with Gasteiger partial charge in [-0.05, 0) is 12.0 Å². The molecule has 4 nitrogen and oxygen atoms in total. The van der Waals surface area contributed by atoms with Crippen LogP contribution in [0, 0.1) is 17.2 Å². The summed E-state index contributed by atoms with van der Waals surface area (Å²) in [5.74, 6) is -0.485. The predicted molar refractivity (Wildman–Crippen MR) is 73.9 cm³/mol. The second kappa shape index (κ2) is 5.82. The van der Waals surface area contributed by atoms with E-state index in [1.54, 1.807) is 0 Å². The summed E-state index contributed by atoms with van der Waals surface area (Å²) in [5, 5.41) is 9.09. The summed E-state index contributed by atoms with van der Waals surface area (Å²) in [6.45, 7) is 0.537. The van der Waals surface area contributed by atoms with Gasteiger partial charge < -0.3 is 9.64 Å². The summed E-state index contributed by atoms with van der Waals surface area (Å²) in [7, 11) is 0. The fraction of sp³-hybridized carbons (Fsp3) is 0.500. The number of halogens is 1. The molecule has 0 aromatic heterocycles. The van der Waals surface area contributed by atoms with Gasteiger partial charge in [0.1, 0.15) is 12.2 Å². The Balaban J connectivity index is 1.79. The van der Waals surface area contributed by atoms with Crippen molar-refractivity contribution in [2.24, 2.45) is 5.92 Å². The summed E-state index contributed by atoms with van der Waals surface area (Å²) < 4.78 is 19.2. The smallest absolute Gasteiger partial charge is 0.229 e. The quantitative estimate of drug-likeness (QED) is 0.838. The van der Waals surface area contributed by atoms with Crippen LogP contribution in [0.5, 0.6) is 0 Å². The first-order chi connectivity index (χ1) is 10.2. The van der Waals surface area contributed by atoms with E-state index in [1.807, 2.05) is 36.4 Å². The van der Waals surface area contributed by atoms with Crippen molar-refractivity contribution in [3.05, 3.63) is 35.9 Å². The van der Waals surface area contributed by atoms with E-state index in [2.05, 4.69) is 0 Å². The molecular weight excluding hydrogens is 271 g/mol. The highest BCUT2D eigenvalue weighted by atomic mass is 19.1. The maximum atomic E-state index is 13.5. The lowest BCUT2D eigenvalue weighted by Crippen LogP contribution is -2.40. The molecule has 0 saturated carbocycles. The molecule has 110 valence electrons. The van der Waals surface area contributed by atoms with Gasteiger partial charge in [0.2, 0.25) is 5.91 Å². The molecule has 2 aliphatic rings. The SMILES string of the molecule is N#CC1CC(F)CN1C(=O)[C@@H]1CCO[C@H]1c1ccccc1. The highest BCUT2D eigenvalue weighted by Crippen LogP contribution is 2.37. The summed E-state index contributed by atoms with van der Waals surface area (Å²) in [5.41, 5.74) is 0.956. The minimum atomic E-state index is -1.10. The second-order valence-corrected chi connectivity index (χ2v) is 5.57. The van der Waals surface area contributed by atoms with E-state index < -0.39 is 12.2 Å². The molecule has 2 fully saturated rings. The molecule has 5 heteroatoms. The monoisotopic (exact) mass is 288 g/mol. The normalized spacial score (nSPS) is 32.1. The number of likely N-dealkylation sites (tertiary alicyclic amines) is 1. The first-order valence-corrected chi connectivity index (χ1v) is 7.21. The van der Waals surface area contributed by atoms with Crippen LogP contribution in [0.3, 0.4) is 0 Å². The maximum absolute atomic E-state index is 13.5. The van der Waals surface area contributed by atoms with E-state index in [1.165, 1.54) is 4.90 Å². The number of nitriles is 1. The number of benzene rings is 1. The highest BCUT2D eigenvalue weighted by molar-refractivity contribution is 5.81. The highest BCUT2D eigenvalue weighted by Gasteiger charge is 2.43. The molecule has 0 spiro atoms. The Morgan fingerprint density at radius 2 is 2.14 bits per heavy atom. The lowest BCUT2D eigenvalue weighted by atomic mass is 9.94. The zero-order chi connectivity index (χ0) is 14.8. The van der Waals surface area contributed by atoms with E-state index in [0.717, 1.165) is 5.56 Å². The lowest BCUT2D eigenvalue weighted by molar-refractivity contribution is -0.137. The number of nitrogens with zero attached hydrogens (tertiary/aromatic N) is 2. The summed E-state index contributed by atoms with van der Waals surface area (Å²) in [6.07, 6.45) is -0.664. The molecule has 0 N–H and O–H groups in total. The zero-order valence-corrected chi connectivity index (χ0v) is 11.6. The van der Waals surface area contributed by atoms with E-state index >= 15 is 0 Å². The third kappa shape index (κ3) is 2.64. The van der Waals surface area contributed by atoms with Crippen LogP contribution in [0.2, 0.25) is 0 Å². The number of carbonyl (C=O) groups excluding carboxylic acids is 1. The molecule has 4 atom stereocenters. The van der Waals surface area contributed by atoms with Gasteiger partial charge >= 0.3 is 0 Å². The molecule has 1 aromatic rings. The Morgan fingerprint density at radius 1 is 1.38 bits per heavy atom. The second-order valence-electron chi connectivity index (χ2n) is 5.57. The molecule has 2 heterocycles. The van der Waals surface area contributed by atoms with Gasteiger partial charge in [-0.2, -0.15) is 5.26 Å². The third-order valence-corrected chi connectivity index (χ3v) is 4.22. The van der Waals surface area contributed by atoms with Gasteiger partial charge in [0.25, 0.3) is 0 Å². The van der Waals surface area contributed by atoms with Crippen LogP contribution in [0.25, 0.3) is 0 Å². The summed E-state index contributed by atoms with van der Waals surface area (Å²) in [4.78, 5) is 14.1. The average molecular weight is 288 g/mol. The number of ether oxygens (including phenoxy) is 1. The predicted octanol–water partition coefficient (Wildman–Crippen LogP) is 2.23. The Hall–Kier alpha value is -1.93. The lowest BCUT2D eigenvalue weighted by Gasteiger charge is -2.26. The first kappa shape index (κ1) is 14.0. The van der Waals surface area contributed by atoms with Crippen LogP contribution >= 0.6 is 0 Å². The Labute approximate surface area is 123 Å². The van der Waals surface area contributed by atoms with Crippen molar-refractivity contribution in [1.29, 1.82) is 5.26 Å². The van der Waals surface area contributed by atoms with Gasteiger partial charge in [-0.25, -0.2) is 4.39 Å². The summed E-state index contributed by atoms with van der Waals surface area (Å²) >= 11 is 0. The van der Waals surface area contributed by atoms with Crippen LogP contribution in [-0.2, 0) is 9.53 Å². The number of hydrogen-bond acceptors (Lipinski definition) is 3. The van der Waals surface area contributed by atoms with Gasteiger partial charge in [0.05, 0.1) is 24.6 Å². The fourth-order valence-corrected chi connectivity index (χ4v) is 3.18. The topological polar surface area (TPSA) is 53.3 Å². The molecule has 21 heavy (non-hydrogen) atoms. The molecule has 1 aromatic carbocycles. The van der Waals surface area contributed by atoms with Gasteiger partial charge in [0, 0.05) is 13.0 Å². The number of rotatable bonds is 2. The van der Waals surface area contributed by atoms with Gasteiger partial charge in [0.15, 0.2) is 0 Å². The Morgan fingerprint density at radius 3 is 2.86 bits per heavy atom. The first-order valence-electron chi connectivity index (χ1n) is 7.21. The Kier molecular flexibility index (Phi) is 3.89. The molecular formula is C16H17FN2O2. The minimum Gasteiger partial charge on any atom is -0.373 e. The standard InChI is InChI=1S/C16H17FN2O2/c17-12-8-13(9-18)19(10-12)16(20)14-6-7-21-15(14)11-4-2-1-3-5-11/h1-5,12-15H,6-8,10H2/t12?,13?,14-,15+/m1/s1.